The summed E-state index contributed by atoms with van der Waals surface area (Å²) in [6.07, 6.45) is 0. The Balaban J connectivity index is 2.45. The fraction of sp³-hybridized carbons (Fsp3) is 0.462. The first kappa shape index (κ1) is 15.8. The molecule has 0 spiro atoms. The fourth-order valence-corrected chi connectivity index (χ4v) is 3.03. The van der Waals surface area contributed by atoms with Crippen molar-refractivity contribution in [1.82, 2.24) is 4.90 Å². The lowest BCUT2D eigenvalue weighted by molar-refractivity contribution is 0.0779. The van der Waals surface area contributed by atoms with E-state index < -0.39 is 38.0 Å². The van der Waals surface area contributed by atoms with E-state index in [9.17, 15) is 22.0 Å². The summed E-state index contributed by atoms with van der Waals surface area (Å²) in [5.41, 5.74) is -0.611. The SMILES string of the molecule is CC1CN(C(=O)c2cc(F)cc(S(N)(=O)=O)c2F)CC1C. The molecule has 21 heavy (non-hydrogen) atoms. The zero-order chi connectivity index (χ0) is 15.9. The molecule has 8 heteroatoms. The van der Waals surface area contributed by atoms with E-state index >= 15 is 0 Å². The van der Waals surface area contributed by atoms with Gasteiger partial charge >= 0.3 is 0 Å². The molecule has 0 bridgehead atoms. The molecule has 0 radical (unpaired) electrons. The molecule has 1 amide bonds. The largest absolute Gasteiger partial charge is 0.338 e. The van der Waals surface area contributed by atoms with Crippen LogP contribution in [0, 0.1) is 23.5 Å². The summed E-state index contributed by atoms with van der Waals surface area (Å²) >= 11 is 0. The molecule has 0 aromatic heterocycles. The van der Waals surface area contributed by atoms with Gasteiger partial charge in [-0.05, 0) is 24.0 Å². The molecule has 1 aliphatic rings. The molecule has 2 unspecified atom stereocenters. The van der Waals surface area contributed by atoms with Gasteiger partial charge < -0.3 is 4.90 Å². The van der Waals surface area contributed by atoms with Gasteiger partial charge in [0.1, 0.15) is 10.7 Å². The van der Waals surface area contributed by atoms with Gasteiger partial charge in [0.15, 0.2) is 5.82 Å². The van der Waals surface area contributed by atoms with E-state index in [1.807, 2.05) is 13.8 Å². The van der Waals surface area contributed by atoms with Gasteiger partial charge in [-0.25, -0.2) is 22.3 Å². The van der Waals surface area contributed by atoms with Crippen LogP contribution in [0.25, 0.3) is 0 Å². The summed E-state index contributed by atoms with van der Waals surface area (Å²) in [7, 11) is -4.44. The molecule has 1 saturated heterocycles. The van der Waals surface area contributed by atoms with Gasteiger partial charge in [-0.3, -0.25) is 4.79 Å². The third-order valence-electron chi connectivity index (χ3n) is 3.82. The lowest BCUT2D eigenvalue weighted by Crippen LogP contribution is -2.30. The van der Waals surface area contributed by atoms with E-state index in [-0.39, 0.29) is 11.8 Å². The Morgan fingerprint density at radius 3 is 2.24 bits per heavy atom. The second kappa shape index (κ2) is 5.34. The number of amides is 1. The molecule has 1 aliphatic heterocycles. The third-order valence-corrected chi connectivity index (χ3v) is 4.73. The molecule has 2 atom stereocenters. The molecule has 0 saturated carbocycles. The summed E-state index contributed by atoms with van der Waals surface area (Å²) in [5.74, 6) is -2.58. The Morgan fingerprint density at radius 1 is 1.24 bits per heavy atom. The summed E-state index contributed by atoms with van der Waals surface area (Å²) in [5, 5.41) is 4.83. The number of sulfonamides is 1. The Bertz CT molecular complexity index is 681. The van der Waals surface area contributed by atoms with Crippen LogP contribution in [-0.4, -0.2) is 32.3 Å². The minimum atomic E-state index is -4.44. The predicted octanol–water partition coefficient (Wildman–Crippen LogP) is 1.34. The Kier molecular flexibility index (Phi) is 4.03. The van der Waals surface area contributed by atoms with Crippen molar-refractivity contribution >= 4 is 15.9 Å². The zero-order valence-corrected chi connectivity index (χ0v) is 12.5. The third kappa shape index (κ3) is 3.06. The van der Waals surface area contributed by atoms with Crippen LogP contribution in [-0.2, 0) is 10.0 Å². The maximum Gasteiger partial charge on any atom is 0.256 e. The highest BCUT2D eigenvalue weighted by atomic mass is 32.2. The number of carbonyl (C=O) groups is 1. The minimum absolute atomic E-state index is 0.239. The highest BCUT2D eigenvalue weighted by molar-refractivity contribution is 7.89. The summed E-state index contributed by atoms with van der Waals surface area (Å²) in [6.45, 7) is 4.74. The lowest BCUT2D eigenvalue weighted by Gasteiger charge is -2.17. The van der Waals surface area contributed by atoms with Crippen molar-refractivity contribution in [3.05, 3.63) is 29.3 Å². The maximum absolute atomic E-state index is 14.2. The van der Waals surface area contributed by atoms with Crippen LogP contribution in [0.1, 0.15) is 24.2 Å². The molecule has 1 heterocycles. The van der Waals surface area contributed by atoms with Crippen molar-refractivity contribution in [3.8, 4) is 0 Å². The average molecular weight is 318 g/mol. The number of carbonyl (C=O) groups excluding carboxylic acids is 1. The van der Waals surface area contributed by atoms with Crippen molar-refractivity contribution in [1.29, 1.82) is 0 Å². The number of likely N-dealkylation sites (tertiary alicyclic amines) is 1. The standard InChI is InChI=1S/C13H16F2N2O3S/c1-7-5-17(6-8(7)2)13(18)10-3-9(14)4-11(12(10)15)21(16,19)20/h3-4,7-8H,5-6H2,1-2H3,(H2,16,19,20). The highest BCUT2D eigenvalue weighted by Crippen LogP contribution is 2.26. The van der Waals surface area contributed by atoms with Gasteiger partial charge in [-0.2, -0.15) is 0 Å². The van der Waals surface area contributed by atoms with E-state index in [4.69, 9.17) is 5.14 Å². The molecular weight excluding hydrogens is 302 g/mol. The lowest BCUT2D eigenvalue weighted by atomic mass is 10.0. The van der Waals surface area contributed by atoms with Crippen LogP contribution in [0.5, 0.6) is 0 Å². The number of hydrogen-bond donors (Lipinski definition) is 1. The van der Waals surface area contributed by atoms with E-state index in [0.717, 1.165) is 0 Å². The smallest absolute Gasteiger partial charge is 0.256 e. The summed E-state index contributed by atoms with van der Waals surface area (Å²) in [4.78, 5) is 12.7. The van der Waals surface area contributed by atoms with E-state index in [0.29, 0.717) is 25.2 Å². The molecule has 2 N–H and O–H groups in total. The van der Waals surface area contributed by atoms with E-state index in [2.05, 4.69) is 0 Å². The van der Waals surface area contributed by atoms with Gasteiger partial charge in [0.05, 0.1) is 5.56 Å². The quantitative estimate of drug-likeness (QED) is 0.893. The van der Waals surface area contributed by atoms with Gasteiger partial charge in [0.25, 0.3) is 5.91 Å². The van der Waals surface area contributed by atoms with Crippen LogP contribution < -0.4 is 5.14 Å². The molecule has 0 aliphatic carbocycles. The first-order chi connectivity index (χ1) is 9.61. The van der Waals surface area contributed by atoms with Gasteiger partial charge in [0.2, 0.25) is 10.0 Å². The molecule has 5 nitrogen and oxygen atoms in total. The molecular formula is C13H16F2N2O3S. The predicted molar refractivity (Wildman–Crippen MR) is 72.0 cm³/mol. The first-order valence-corrected chi connectivity index (χ1v) is 7.97. The zero-order valence-electron chi connectivity index (χ0n) is 11.6. The average Bonchev–Trinajstić information content (AvgIpc) is 2.70. The Labute approximate surface area is 121 Å². The fourth-order valence-electron chi connectivity index (χ4n) is 2.39. The van der Waals surface area contributed by atoms with Crippen molar-refractivity contribution in [2.24, 2.45) is 17.0 Å². The Morgan fingerprint density at radius 2 is 1.76 bits per heavy atom. The number of primary sulfonamides is 1. The van der Waals surface area contributed by atoms with E-state index in [1.54, 1.807) is 0 Å². The van der Waals surface area contributed by atoms with Gasteiger partial charge in [-0.15, -0.1) is 0 Å². The van der Waals surface area contributed by atoms with Crippen molar-refractivity contribution < 1.29 is 22.0 Å². The molecule has 1 fully saturated rings. The number of hydrogen-bond acceptors (Lipinski definition) is 3. The second-order valence-electron chi connectivity index (χ2n) is 5.48. The van der Waals surface area contributed by atoms with Gasteiger partial charge in [0, 0.05) is 13.1 Å². The summed E-state index contributed by atoms with van der Waals surface area (Å²) in [6, 6.07) is 1.16. The normalized spacial score (nSPS) is 22.6. The number of halogens is 2. The monoisotopic (exact) mass is 318 g/mol. The van der Waals surface area contributed by atoms with E-state index in [1.165, 1.54) is 4.90 Å². The number of rotatable bonds is 2. The van der Waals surface area contributed by atoms with Crippen molar-refractivity contribution in [2.75, 3.05) is 13.1 Å². The molecule has 2 rings (SSSR count). The van der Waals surface area contributed by atoms with Crippen LogP contribution in [0.3, 0.4) is 0 Å². The number of benzene rings is 1. The Hall–Kier alpha value is -1.54. The topological polar surface area (TPSA) is 80.5 Å². The van der Waals surface area contributed by atoms with Crippen LogP contribution >= 0.6 is 0 Å². The van der Waals surface area contributed by atoms with Crippen LogP contribution in [0.4, 0.5) is 8.78 Å². The summed E-state index contributed by atoms with van der Waals surface area (Å²) < 4.78 is 50.2. The van der Waals surface area contributed by atoms with Crippen molar-refractivity contribution in [3.63, 3.8) is 0 Å². The minimum Gasteiger partial charge on any atom is -0.338 e. The highest BCUT2D eigenvalue weighted by Gasteiger charge is 2.32. The number of nitrogens with zero attached hydrogens (tertiary/aromatic N) is 1. The van der Waals surface area contributed by atoms with Crippen LogP contribution in [0.2, 0.25) is 0 Å². The van der Waals surface area contributed by atoms with Crippen LogP contribution in [0.15, 0.2) is 17.0 Å². The molecule has 116 valence electrons. The number of nitrogens with two attached hydrogens (primary N) is 1. The second-order valence-corrected chi connectivity index (χ2v) is 7.01. The van der Waals surface area contributed by atoms with Crippen molar-refractivity contribution in [2.45, 2.75) is 18.7 Å². The maximum atomic E-state index is 14.2. The van der Waals surface area contributed by atoms with Gasteiger partial charge in [-0.1, -0.05) is 13.8 Å². The molecule has 1 aromatic carbocycles. The molecule has 1 aromatic rings. The first-order valence-electron chi connectivity index (χ1n) is 6.42.